The summed E-state index contributed by atoms with van der Waals surface area (Å²) in [5.41, 5.74) is -1.49. The highest BCUT2D eigenvalue weighted by molar-refractivity contribution is 6.30. The van der Waals surface area contributed by atoms with Crippen molar-refractivity contribution in [3.8, 4) is 39.1 Å². The van der Waals surface area contributed by atoms with Crippen molar-refractivity contribution in [3.63, 3.8) is 0 Å². The number of benzene rings is 5. The van der Waals surface area contributed by atoms with Gasteiger partial charge in [0.2, 0.25) is 0 Å². The first kappa shape index (κ1) is 33.0. The molecule has 5 aromatic carbocycles. The smallest absolute Gasteiger partial charge is 0.429 e. The maximum atomic E-state index is 15.2. The Kier molecular flexibility index (Phi) is 9.72. The standard InChI is InChI=1S/C36H25ClF8O/c1-2-3-4-5-20-6-10-25(29(38)14-20)21-7-11-27(30(39)15-21)23-17-33(42)35(34(43)18-23)36(44,45)46-24-9-12-26(31(40)19-24)22-8-13-28(37)32(41)16-22/h6-19H,2-5H2,1H3. The van der Waals surface area contributed by atoms with Crippen LogP contribution in [-0.4, -0.2) is 0 Å². The van der Waals surface area contributed by atoms with E-state index in [2.05, 4.69) is 11.7 Å². The number of hydrogen-bond acceptors (Lipinski definition) is 1. The van der Waals surface area contributed by atoms with Crippen LogP contribution in [0.25, 0.3) is 33.4 Å². The first-order valence-corrected chi connectivity index (χ1v) is 14.7. The molecule has 0 bridgehead atoms. The molecule has 0 saturated heterocycles. The summed E-state index contributed by atoms with van der Waals surface area (Å²) in [6, 6.07) is 15.1. The van der Waals surface area contributed by atoms with Crippen molar-refractivity contribution in [2.75, 3.05) is 0 Å². The molecule has 238 valence electrons. The van der Waals surface area contributed by atoms with Gasteiger partial charge >= 0.3 is 6.11 Å². The fourth-order valence-corrected chi connectivity index (χ4v) is 5.22. The van der Waals surface area contributed by atoms with Crippen molar-refractivity contribution < 1.29 is 39.9 Å². The number of unbranched alkanes of at least 4 members (excludes halogenated alkanes) is 2. The SMILES string of the molecule is CCCCCc1ccc(-c2ccc(-c3cc(F)c(C(F)(F)Oc4ccc(-c5ccc(Cl)c(F)c5)c(F)c4)c(F)c3)c(F)c2)c(F)c1. The van der Waals surface area contributed by atoms with Crippen LogP contribution in [0.15, 0.2) is 84.9 Å². The molecule has 0 aliphatic rings. The maximum absolute atomic E-state index is 15.2. The van der Waals surface area contributed by atoms with Crippen LogP contribution in [-0.2, 0) is 12.5 Å². The summed E-state index contributed by atoms with van der Waals surface area (Å²) < 4.78 is 123. The third-order valence-electron chi connectivity index (χ3n) is 7.44. The maximum Gasteiger partial charge on any atom is 0.432 e. The van der Waals surface area contributed by atoms with Crippen LogP contribution in [0.1, 0.15) is 37.3 Å². The van der Waals surface area contributed by atoms with Gasteiger partial charge in [0.1, 0.15) is 46.2 Å². The third-order valence-corrected chi connectivity index (χ3v) is 7.75. The lowest BCUT2D eigenvalue weighted by atomic mass is 9.96. The van der Waals surface area contributed by atoms with E-state index in [0.29, 0.717) is 24.6 Å². The van der Waals surface area contributed by atoms with E-state index in [9.17, 15) is 13.2 Å². The zero-order valence-corrected chi connectivity index (χ0v) is 25.0. The van der Waals surface area contributed by atoms with Crippen molar-refractivity contribution in [3.05, 3.63) is 136 Å². The molecule has 10 heteroatoms. The molecular formula is C36H25ClF8O. The second-order valence-electron chi connectivity index (χ2n) is 10.7. The van der Waals surface area contributed by atoms with Crippen molar-refractivity contribution in [2.24, 2.45) is 0 Å². The molecule has 0 N–H and O–H groups in total. The summed E-state index contributed by atoms with van der Waals surface area (Å²) in [5.74, 6) is -7.69. The molecule has 0 fully saturated rings. The molecule has 0 radical (unpaired) electrons. The summed E-state index contributed by atoms with van der Waals surface area (Å²) in [5, 5.41) is -0.201. The van der Waals surface area contributed by atoms with Gasteiger partial charge in [-0.15, -0.1) is 0 Å². The molecular weight excluding hydrogens is 636 g/mol. The van der Waals surface area contributed by atoms with Gasteiger partial charge in [-0.3, -0.25) is 0 Å². The second kappa shape index (κ2) is 13.5. The van der Waals surface area contributed by atoms with Crippen molar-refractivity contribution in [2.45, 2.75) is 38.7 Å². The highest BCUT2D eigenvalue weighted by Gasteiger charge is 2.41. The van der Waals surface area contributed by atoms with Gasteiger partial charge in [-0.05, 0) is 83.6 Å². The zero-order valence-electron chi connectivity index (χ0n) is 24.2. The highest BCUT2D eigenvalue weighted by Crippen LogP contribution is 2.39. The summed E-state index contributed by atoms with van der Waals surface area (Å²) in [4.78, 5) is 0. The first-order chi connectivity index (χ1) is 21.9. The number of aryl methyl sites for hydroxylation is 1. The minimum absolute atomic E-state index is 0.0616. The van der Waals surface area contributed by atoms with Gasteiger partial charge in [0.15, 0.2) is 0 Å². The van der Waals surface area contributed by atoms with Crippen LogP contribution in [0, 0.1) is 34.9 Å². The van der Waals surface area contributed by atoms with Crippen molar-refractivity contribution >= 4 is 11.6 Å². The predicted molar refractivity (Wildman–Crippen MR) is 162 cm³/mol. The Bertz CT molecular complexity index is 1880. The fraction of sp³-hybridized carbons (Fsp3) is 0.167. The van der Waals surface area contributed by atoms with Crippen LogP contribution in [0.2, 0.25) is 5.02 Å². The topological polar surface area (TPSA) is 9.23 Å². The summed E-state index contributed by atoms with van der Waals surface area (Å²) in [7, 11) is 0. The Labute approximate surface area is 265 Å². The normalized spacial score (nSPS) is 11.6. The molecule has 0 aliphatic carbocycles. The number of alkyl halides is 2. The Hall–Kier alpha value is -4.37. The average Bonchev–Trinajstić information content (AvgIpc) is 2.98. The first-order valence-electron chi connectivity index (χ1n) is 14.3. The van der Waals surface area contributed by atoms with Crippen molar-refractivity contribution in [1.29, 1.82) is 0 Å². The Morgan fingerprint density at radius 1 is 0.565 bits per heavy atom. The number of hydrogen-bond donors (Lipinski definition) is 0. The van der Waals surface area contributed by atoms with Gasteiger partial charge in [-0.1, -0.05) is 61.7 Å². The van der Waals surface area contributed by atoms with Crippen LogP contribution in [0.3, 0.4) is 0 Å². The third kappa shape index (κ3) is 7.04. The molecule has 0 unspecified atom stereocenters. The van der Waals surface area contributed by atoms with Gasteiger partial charge in [0, 0.05) is 22.8 Å². The largest absolute Gasteiger partial charge is 0.432 e. The van der Waals surface area contributed by atoms with Crippen LogP contribution >= 0.6 is 11.6 Å². The highest BCUT2D eigenvalue weighted by atomic mass is 35.5. The molecule has 0 saturated carbocycles. The van der Waals surface area contributed by atoms with Gasteiger partial charge in [-0.25, -0.2) is 26.3 Å². The minimum atomic E-state index is -4.62. The summed E-state index contributed by atoms with van der Waals surface area (Å²) >= 11 is 5.63. The molecule has 5 aromatic rings. The fourth-order valence-electron chi connectivity index (χ4n) is 5.11. The molecule has 46 heavy (non-hydrogen) atoms. The Morgan fingerprint density at radius 3 is 1.67 bits per heavy atom. The molecule has 0 aliphatic heterocycles. The van der Waals surface area contributed by atoms with Gasteiger partial charge in [0.25, 0.3) is 0 Å². The molecule has 0 spiro atoms. The van der Waals surface area contributed by atoms with Gasteiger partial charge in [-0.2, -0.15) is 8.78 Å². The van der Waals surface area contributed by atoms with E-state index >= 15 is 22.0 Å². The summed E-state index contributed by atoms with van der Waals surface area (Å²) in [6.07, 6.45) is -0.984. The predicted octanol–water partition coefficient (Wildman–Crippen LogP) is 12.0. The van der Waals surface area contributed by atoms with E-state index in [1.54, 1.807) is 6.07 Å². The Morgan fingerprint density at radius 2 is 1.09 bits per heavy atom. The lowest BCUT2D eigenvalue weighted by molar-refractivity contribution is -0.189. The minimum Gasteiger partial charge on any atom is -0.429 e. The van der Waals surface area contributed by atoms with E-state index in [-0.39, 0.29) is 32.8 Å². The van der Waals surface area contributed by atoms with E-state index in [1.807, 2.05) is 0 Å². The lowest BCUT2D eigenvalue weighted by Gasteiger charge is -2.20. The van der Waals surface area contributed by atoms with E-state index in [1.165, 1.54) is 36.4 Å². The van der Waals surface area contributed by atoms with Gasteiger partial charge in [0.05, 0.1) is 5.02 Å². The average molecular weight is 661 g/mol. The monoisotopic (exact) mass is 660 g/mol. The molecule has 1 nitrogen and oxygen atoms in total. The lowest BCUT2D eigenvalue weighted by Crippen LogP contribution is -2.25. The number of halogens is 9. The van der Waals surface area contributed by atoms with Crippen LogP contribution < -0.4 is 4.74 Å². The molecule has 0 aromatic heterocycles. The van der Waals surface area contributed by atoms with E-state index in [0.717, 1.165) is 49.1 Å². The second-order valence-corrected chi connectivity index (χ2v) is 11.1. The van der Waals surface area contributed by atoms with Crippen LogP contribution in [0.5, 0.6) is 5.75 Å². The zero-order chi connectivity index (χ0) is 33.2. The number of rotatable bonds is 10. The summed E-state index contributed by atoms with van der Waals surface area (Å²) in [6.45, 7) is 2.06. The molecule has 5 rings (SSSR count). The Balaban J connectivity index is 1.37. The quantitative estimate of drug-likeness (QED) is 0.107. The molecule has 0 amide bonds. The van der Waals surface area contributed by atoms with E-state index in [4.69, 9.17) is 11.6 Å². The van der Waals surface area contributed by atoms with Crippen LogP contribution in [0.4, 0.5) is 35.1 Å². The molecule has 0 heterocycles. The number of ether oxygens (including phenoxy) is 1. The van der Waals surface area contributed by atoms with Gasteiger partial charge < -0.3 is 4.74 Å². The molecule has 0 atom stereocenters. The van der Waals surface area contributed by atoms with E-state index < -0.39 is 57.9 Å². The van der Waals surface area contributed by atoms with Crippen molar-refractivity contribution in [1.82, 2.24) is 0 Å².